The molecule has 1 heterocycles. The fourth-order valence-electron chi connectivity index (χ4n) is 2.72. The number of amides is 1. The number of likely N-dealkylation sites (tertiary alicyclic amines) is 1. The van der Waals surface area contributed by atoms with Crippen LogP contribution in [-0.2, 0) is 4.79 Å². The van der Waals surface area contributed by atoms with E-state index in [0.717, 1.165) is 51.4 Å². The number of carbonyl (C=O) groups is 1. The van der Waals surface area contributed by atoms with Crippen LogP contribution < -0.4 is 10.6 Å². The fraction of sp³-hybridized carbons (Fsp3) is 0.882. The zero-order valence-electron chi connectivity index (χ0n) is 15.1. The van der Waals surface area contributed by atoms with Crippen LogP contribution in [0.4, 0.5) is 0 Å². The van der Waals surface area contributed by atoms with Gasteiger partial charge >= 0.3 is 0 Å². The van der Waals surface area contributed by atoms with Gasteiger partial charge in [0.1, 0.15) is 0 Å². The van der Waals surface area contributed by atoms with Crippen LogP contribution in [0.3, 0.4) is 0 Å². The summed E-state index contributed by atoms with van der Waals surface area (Å²) in [4.78, 5) is 18.1. The molecule has 23 heavy (non-hydrogen) atoms. The predicted molar refractivity (Wildman–Crippen MR) is 109 cm³/mol. The number of nitrogens with zero attached hydrogens (tertiary/aromatic N) is 2. The number of carbonyl (C=O) groups excluding carboxylic acids is 1. The van der Waals surface area contributed by atoms with Crippen molar-refractivity contribution in [2.45, 2.75) is 71.8 Å². The number of hydrogen-bond donors (Lipinski definition) is 2. The summed E-state index contributed by atoms with van der Waals surface area (Å²) >= 11 is 0. The molecule has 136 valence electrons. The SMILES string of the molecule is CCCCCC(C)NC(=NCCCN1CCCC1=O)NCC.I. The van der Waals surface area contributed by atoms with Crippen molar-refractivity contribution in [2.24, 2.45) is 4.99 Å². The Hall–Kier alpha value is -0.530. The third kappa shape index (κ3) is 10.0. The molecule has 2 N–H and O–H groups in total. The normalized spacial score (nSPS) is 16.2. The molecule has 1 atom stereocenters. The Labute approximate surface area is 159 Å². The quantitative estimate of drug-likeness (QED) is 0.239. The molecule has 1 unspecified atom stereocenters. The average molecular weight is 438 g/mol. The molecule has 0 aromatic carbocycles. The Morgan fingerprint density at radius 2 is 2.09 bits per heavy atom. The molecule has 1 aliphatic heterocycles. The number of unbranched alkanes of at least 4 members (excludes halogenated alkanes) is 2. The van der Waals surface area contributed by atoms with E-state index >= 15 is 0 Å². The van der Waals surface area contributed by atoms with Gasteiger partial charge in [-0.2, -0.15) is 0 Å². The van der Waals surface area contributed by atoms with Gasteiger partial charge in [0.05, 0.1) is 0 Å². The highest BCUT2D eigenvalue weighted by molar-refractivity contribution is 14.0. The van der Waals surface area contributed by atoms with Crippen molar-refractivity contribution in [2.75, 3.05) is 26.2 Å². The first-order valence-corrected chi connectivity index (χ1v) is 9.00. The predicted octanol–water partition coefficient (Wildman–Crippen LogP) is 3.14. The maximum Gasteiger partial charge on any atom is 0.222 e. The Balaban J connectivity index is 0.00000484. The van der Waals surface area contributed by atoms with Crippen molar-refractivity contribution in [1.29, 1.82) is 0 Å². The van der Waals surface area contributed by atoms with Gasteiger partial charge in [-0.05, 0) is 33.1 Å². The lowest BCUT2D eigenvalue weighted by atomic mass is 10.1. The van der Waals surface area contributed by atoms with Crippen molar-refractivity contribution in [1.82, 2.24) is 15.5 Å². The third-order valence-corrected chi connectivity index (χ3v) is 4.00. The van der Waals surface area contributed by atoms with Gasteiger partial charge in [0.25, 0.3) is 0 Å². The molecule has 0 bridgehead atoms. The monoisotopic (exact) mass is 438 g/mol. The summed E-state index contributed by atoms with van der Waals surface area (Å²) in [5, 5.41) is 6.77. The van der Waals surface area contributed by atoms with Crippen LogP contribution in [0.2, 0.25) is 0 Å². The zero-order chi connectivity index (χ0) is 16.2. The van der Waals surface area contributed by atoms with E-state index in [1.165, 1.54) is 25.7 Å². The van der Waals surface area contributed by atoms with Crippen LogP contribution in [0.5, 0.6) is 0 Å². The molecular weight excluding hydrogens is 403 g/mol. The molecule has 0 aromatic rings. The fourth-order valence-corrected chi connectivity index (χ4v) is 2.72. The van der Waals surface area contributed by atoms with Gasteiger partial charge in [0.2, 0.25) is 5.91 Å². The molecule has 0 saturated carbocycles. The second-order valence-corrected chi connectivity index (χ2v) is 6.14. The molecule has 1 aliphatic rings. The molecule has 0 aliphatic carbocycles. The van der Waals surface area contributed by atoms with E-state index in [1.807, 2.05) is 4.90 Å². The summed E-state index contributed by atoms with van der Waals surface area (Å²) in [5.41, 5.74) is 0. The second kappa shape index (κ2) is 13.9. The van der Waals surface area contributed by atoms with E-state index in [9.17, 15) is 4.79 Å². The molecule has 1 rings (SSSR count). The lowest BCUT2D eigenvalue weighted by Gasteiger charge is -2.18. The molecule has 0 aromatic heterocycles. The van der Waals surface area contributed by atoms with Gasteiger partial charge in [-0.25, -0.2) is 0 Å². The lowest BCUT2D eigenvalue weighted by molar-refractivity contribution is -0.127. The van der Waals surface area contributed by atoms with Crippen LogP contribution in [0.1, 0.15) is 65.7 Å². The minimum atomic E-state index is 0. The summed E-state index contributed by atoms with van der Waals surface area (Å²) in [7, 11) is 0. The maximum absolute atomic E-state index is 11.5. The molecule has 5 nitrogen and oxygen atoms in total. The first kappa shape index (κ1) is 22.5. The molecule has 1 amide bonds. The highest BCUT2D eigenvalue weighted by Gasteiger charge is 2.18. The van der Waals surface area contributed by atoms with Gasteiger partial charge in [0.15, 0.2) is 5.96 Å². The third-order valence-electron chi connectivity index (χ3n) is 4.00. The van der Waals surface area contributed by atoms with Crippen molar-refractivity contribution in [3.05, 3.63) is 0 Å². The molecule has 6 heteroatoms. The minimum absolute atomic E-state index is 0. The molecule has 0 radical (unpaired) electrons. The van der Waals surface area contributed by atoms with E-state index in [0.29, 0.717) is 11.9 Å². The Bertz CT molecular complexity index is 349. The maximum atomic E-state index is 11.5. The van der Waals surface area contributed by atoms with Gasteiger partial charge in [-0.1, -0.05) is 26.2 Å². The highest BCUT2D eigenvalue weighted by atomic mass is 127. The molecule has 0 spiro atoms. The van der Waals surface area contributed by atoms with Gasteiger partial charge in [-0.3, -0.25) is 9.79 Å². The van der Waals surface area contributed by atoms with Crippen LogP contribution in [0, 0.1) is 0 Å². The van der Waals surface area contributed by atoms with Crippen LogP contribution in [0.25, 0.3) is 0 Å². The van der Waals surface area contributed by atoms with E-state index in [4.69, 9.17) is 0 Å². The van der Waals surface area contributed by atoms with Gasteiger partial charge in [0, 0.05) is 38.6 Å². The Morgan fingerprint density at radius 1 is 1.30 bits per heavy atom. The Morgan fingerprint density at radius 3 is 2.70 bits per heavy atom. The first-order valence-electron chi connectivity index (χ1n) is 9.00. The molecule has 1 saturated heterocycles. The standard InChI is InChI=1S/C17H34N4O.HI/c1-4-6-7-10-15(3)20-17(18-5-2)19-12-9-14-21-13-8-11-16(21)22;/h15H,4-14H2,1-3H3,(H2,18,19,20);1H. The topological polar surface area (TPSA) is 56.7 Å². The zero-order valence-corrected chi connectivity index (χ0v) is 17.4. The van der Waals surface area contributed by atoms with Crippen molar-refractivity contribution < 1.29 is 4.79 Å². The smallest absolute Gasteiger partial charge is 0.222 e. The second-order valence-electron chi connectivity index (χ2n) is 6.14. The minimum Gasteiger partial charge on any atom is -0.357 e. The number of hydrogen-bond acceptors (Lipinski definition) is 2. The van der Waals surface area contributed by atoms with E-state index in [2.05, 4.69) is 36.4 Å². The number of guanidine groups is 1. The summed E-state index contributed by atoms with van der Waals surface area (Å²) in [6, 6.07) is 0.449. The number of aliphatic imine (C=N–C) groups is 1. The van der Waals surface area contributed by atoms with Crippen molar-refractivity contribution >= 4 is 35.8 Å². The lowest BCUT2D eigenvalue weighted by Crippen LogP contribution is -2.42. The summed E-state index contributed by atoms with van der Waals surface area (Å²) in [6.45, 7) is 9.93. The summed E-state index contributed by atoms with van der Waals surface area (Å²) in [6.07, 6.45) is 7.68. The average Bonchev–Trinajstić information content (AvgIpc) is 2.89. The summed E-state index contributed by atoms with van der Waals surface area (Å²) < 4.78 is 0. The van der Waals surface area contributed by atoms with Crippen LogP contribution in [-0.4, -0.2) is 49.0 Å². The molecule has 1 fully saturated rings. The summed E-state index contributed by atoms with van der Waals surface area (Å²) in [5.74, 6) is 1.21. The van der Waals surface area contributed by atoms with Crippen LogP contribution >= 0.6 is 24.0 Å². The van der Waals surface area contributed by atoms with Crippen LogP contribution in [0.15, 0.2) is 4.99 Å². The number of halogens is 1. The van der Waals surface area contributed by atoms with E-state index in [1.54, 1.807) is 0 Å². The number of nitrogens with one attached hydrogen (secondary N) is 2. The van der Waals surface area contributed by atoms with Crippen molar-refractivity contribution in [3.63, 3.8) is 0 Å². The Kier molecular flexibility index (Phi) is 13.5. The van der Waals surface area contributed by atoms with Gasteiger partial charge in [-0.15, -0.1) is 24.0 Å². The largest absolute Gasteiger partial charge is 0.357 e. The van der Waals surface area contributed by atoms with E-state index in [-0.39, 0.29) is 24.0 Å². The van der Waals surface area contributed by atoms with Crippen molar-refractivity contribution in [3.8, 4) is 0 Å². The first-order chi connectivity index (χ1) is 10.7. The van der Waals surface area contributed by atoms with E-state index < -0.39 is 0 Å². The molecular formula is C17H35IN4O. The number of rotatable bonds is 10. The highest BCUT2D eigenvalue weighted by Crippen LogP contribution is 2.09. The van der Waals surface area contributed by atoms with Gasteiger partial charge < -0.3 is 15.5 Å².